The average Bonchev–Trinajstić information content (AvgIpc) is 3.35. The SMILES string of the molecule is CC[NH+](CC)CCN(C(=O)Cc1ccccc1)c1nc2cc3c(cc2s1)OCO3. The van der Waals surface area contributed by atoms with Gasteiger partial charge in [0.1, 0.15) is 0 Å². The highest BCUT2D eigenvalue weighted by atomic mass is 32.1. The average molecular weight is 413 g/mol. The van der Waals surface area contributed by atoms with Gasteiger partial charge in [0, 0.05) is 12.1 Å². The monoisotopic (exact) mass is 412 g/mol. The molecule has 0 saturated heterocycles. The van der Waals surface area contributed by atoms with Crippen LogP contribution in [-0.2, 0) is 11.2 Å². The Morgan fingerprint density at radius 3 is 2.59 bits per heavy atom. The Bertz CT molecular complexity index is 945. The topological polar surface area (TPSA) is 56.1 Å². The van der Waals surface area contributed by atoms with Gasteiger partial charge in [-0.25, -0.2) is 4.98 Å². The Hall–Kier alpha value is -2.64. The van der Waals surface area contributed by atoms with E-state index in [0.29, 0.717) is 18.7 Å². The molecule has 2 heterocycles. The number of likely N-dealkylation sites (N-methyl/N-ethyl adjacent to an activating group) is 1. The van der Waals surface area contributed by atoms with Crippen LogP contribution in [0.1, 0.15) is 19.4 Å². The van der Waals surface area contributed by atoms with E-state index < -0.39 is 0 Å². The van der Waals surface area contributed by atoms with E-state index in [4.69, 9.17) is 14.5 Å². The predicted octanol–water partition coefficient (Wildman–Crippen LogP) is 2.53. The lowest BCUT2D eigenvalue weighted by molar-refractivity contribution is -0.894. The standard InChI is InChI=1S/C22H25N3O3S/c1-3-24(4-2)10-11-25(21(26)12-16-8-6-5-7-9-16)22-23-17-13-18-19(28-15-27-18)14-20(17)29-22/h5-9,13-14H,3-4,10-12,15H2,1-2H3/p+1. The van der Waals surface area contributed by atoms with Crippen molar-refractivity contribution in [1.29, 1.82) is 0 Å². The van der Waals surface area contributed by atoms with Crippen LogP contribution in [0.3, 0.4) is 0 Å². The highest BCUT2D eigenvalue weighted by Gasteiger charge is 2.23. The number of hydrogen-bond donors (Lipinski definition) is 1. The number of benzene rings is 2. The molecule has 29 heavy (non-hydrogen) atoms. The first-order valence-corrected chi connectivity index (χ1v) is 10.9. The van der Waals surface area contributed by atoms with Crippen molar-refractivity contribution in [3.8, 4) is 11.5 Å². The first kappa shape index (κ1) is 19.7. The van der Waals surface area contributed by atoms with Crippen molar-refractivity contribution in [3.63, 3.8) is 0 Å². The van der Waals surface area contributed by atoms with E-state index >= 15 is 0 Å². The van der Waals surface area contributed by atoms with Crippen molar-refractivity contribution < 1.29 is 19.2 Å². The quantitative estimate of drug-likeness (QED) is 0.618. The number of hydrogen-bond acceptors (Lipinski definition) is 5. The number of ether oxygens (including phenoxy) is 2. The molecule has 2 aromatic carbocycles. The number of thiazole rings is 1. The predicted molar refractivity (Wildman–Crippen MR) is 115 cm³/mol. The number of nitrogens with zero attached hydrogens (tertiary/aromatic N) is 2. The number of carbonyl (C=O) groups excluding carboxylic acids is 1. The molecule has 0 bridgehead atoms. The van der Waals surface area contributed by atoms with Crippen molar-refractivity contribution in [2.24, 2.45) is 0 Å². The summed E-state index contributed by atoms with van der Waals surface area (Å²) in [5.41, 5.74) is 1.85. The Morgan fingerprint density at radius 1 is 1.14 bits per heavy atom. The molecule has 0 saturated carbocycles. The molecule has 0 atom stereocenters. The van der Waals surface area contributed by atoms with Gasteiger partial charge in [0.2, 0.25) is 12.7 Å². The van der Waals surface area contributed by atoms with Gasteiger partial charge in [-0.15, -0.1) is 0 Å². The number of amides is 1. The van der Waals surface area contributed by atoms with E-state index in [2.05, 4.69) is 13.8 Å². The largest absolute Gasteiger partial charge is 0.454 e. The third-order valence-corrected chi connectivity index (χ3v) is 6.33. The van der Waals surface area contributed by atoms with Crippen LogP contribution in [0.2, 0.25) is 0 Å². The molecular weight excluding hydrogens is 386 g/mol. The molecule has 0 radical (unpaired) electrons. The summed E-state index contributed by atoms with van der Waals surface area (Å²) in [4.78, 5) is 21.3. The number of fused-ring (bicyclic) bond motifs is 2. The Balaban J connectivity index is 1.61. The zero-order valence-electron chi connectivity index (χ0n) is 16.8. The van der Waals surface area contributed by atoms with E-state index in [0.717, 1.165) is 46.3 Å². The first-order valence-electron chi connectivity index (χ1n) is 10.1. The molecule has 1 aliphatic rings. The fourth-order valence-electron chi connectivity index (χ4n) is 3.49. The summed E-state index contributed by atoms with van der Waals surface area (Å²) in [6.45, 7) is 8.22. The van der Waals surface area contributed by atoms with Gasteiger partial charge < -0.3 is 14.4 Å². The fraction of sp³-hybridized carbons (Fsp3) is 0.364. The van der Waals surface area contributed by atoms with Gasteiger partial charge >= 0.3 is 0 Å². The van der Waals surface area contributed by atoms with E-state index in [1.54, 1.807) is 0 Å². The normalized spacial score (nSPS) is 12.7. The molecule has 1 aromatic heterocycles. The summed E-state index contributed by atoms with van der Waals surface area (Å²) in [6, 6.07) is 13.7. The van der Waals surface area contributed by atoms with Crippen molar-refractivity contribution in [1.82, 2.24) is 4.98 Å². The number of quaternary nitrogens is 1. The minimum absolute atomic E-state index is 0.0712. The van der Waals surface area contributed by atoms with Crippen LogP contribution in [0.4, 0.5) is 5.13 Å². The minimum Gasteiger partial charge on any atom is -0.454 e. The molecular formula is C22H26N3O3S+. The number of anilines is 1. The number of rotatable bonds is 8. The first-order chi connectivity index (χ1) is 14.2. The zero-order valence-corrected chi connectivity index (χ0v) is 17.6. The second-order valence-electron chi connectivity index (χ2n) is 7.08. The Morgan fingerprint density at radius 2 is 1.86 bits per heavy atom. The third kappa shape index (κ3) is 4.36. The lowest BCUT2D eigenvalue weighted by Gasteiger charge is -2.23. The van der Waals surface area contributed by atoms with Gasteiger partial charge in [-0.3, -0.25) is 9.69 Å². The van der Waals surface area contributed by atoms with E-state index in [-0.39, 0.29) is 12.7 Å². The van der Waals surface area contributed by atoms with Crippen LogP contribution in [0.15, 0.2) is 42.5 Å². The summed E-state index contributed by atoms with van der Waals surface area (Å²) in [5.74, 6) is 1.52. The summed E-state index contributed by atoms with van der Waals surface area (Å²) >= 11 is 1.53. The van der Waals surface area contributed by atoms with Gasteiger partial charge in [0.05, 0.1) is 42.8 Å². The van der Waals surface area contributed by atoms with Gasteiger partial charge in [-0.05, 0) is 19.4 Å². The molecule has 0 fully saturated rings. The fourth-order valence-corrected chi connectivity index (χ4v) is 4.51. The second kappa shape index (κ2) is 8.80. The van der Waals surface area contributed by atoms with Crippen LogP contribution >= 0.6 is 11.3 Å². The van der Waals surface area contributed by atoms with Gasteiger partial charge in [-0.2, -0.15) is 0 Å². The van der Waals surface area contributed by atoms with Crippen LogP contribution in [0.25, 0.3) is 10.2 Å². The number of carbonyl (C=O) groups is 1. The summed E-state index contributed by atoms with van der Waals surface area (Å²) in [5, 5.41) is 0.733. The zero-order chi connectivity index (χ0) is 20.2. The van der Waals surface area contributed by atoms with Crippen LogP contribution in [0, 0.1) is 0 Å². The van der Waals surface area contributed by atoms with Gasteiger partial charge in [-0.1, -0.05) is 41.7 Å². The maximum absolute atomic E-state index is 13.2. The van der Waals surface area contributed by atoms with Crippen LogP contribution in [-0.4, -0.2) is 43.9 Å². The van der Waals surface area contributed by atoms with Crippen molar-refractivity contribution in [2.75, 3.05) is 37.9 Å². The summed E-state index contributed by atoms with van der Waals surface area (Å²) < 4.78 is 12.0. The molecule has 7 heteroatoms. The van der Waals surface area contributed by atoms with Gasteiger partial charge in [0.15, 0.2) is 16.6 Å². The molecule has 4 rings (SSSR count). The molecule has 3 aromatic rings. The van der Waals surface area contributed by atoms with Crippen molar-refractivity contribution >= 4 is 32.6 Å². The molecule has 0 unspecified atom stereocenters. The number of nitrogens with one attached hydrogen (secondary N) is 1. The molecule has 152 valence electrons. The van der Waals surface area contributed by atoms with E-state index in [1.807, 2.05) is 47.4 Å². The summed E-state index contributed by atoms with van der Waals surface area (Å²) in [6.07, 6.45) is 0.368. The second-order valence-corrected chi connectivity index (χ2v) is 8.09. The molecule has 1 aliphatic heterocycles. The molecule has 6 nitrogen and oxygen atoms in total. The lowest BCUT2D eigenvalue weighted by atomic mass is 10.1. The Kier molecular flexibility index (Phi) is 5.97. The highest BCUT2D eigenvalue weighted by molar-refractivity contribution is 7.22. The van der Waals surface area contributed by atoms with Crippen molar-refractivity contribution in [2.45, 2.75) is 20.3 Å². The minimum atomic E-state index is 0.0712. The summed E-state index contributed by atoms with van der Waals surface area (Å²) in [7, 11) is 0. The van der Waals surface area contributed by atoms with E-state index in [9.17, 15) is 4.79 Å². The lowest BCUT2D eigenvalue weighted by Crippen LogP contribution is -3.12. The molecule has 0 aliphatic carbocycles. The van der Waals surface area contributed by atoms with Crippen LogP contribution in [0.5, 0.6) is 11.5 Å². The maximum Gasteiger partial charge on any atom is 0.233 e. The van der Waals surface area contributed by atoms with Gasteiger partial charge in [0.25, 0.3) is 0 Å². The molecule has 1 N–H and O–H groups in total. The number of aromatic nitrogens is 1. The highest BCUT2D eigenvalue weighted by Crippen LogP contribution is 2.39. The maximum atomic E-state index is 13.2. The molecule has 0 spiro atoms. The molecule has 1 amide bonds. The van der Waals surface area contributed by atoms with Crippen LogP contribution < -0.4 is 19.3 Å². The van der Waals surface area contributed by atoms with E-state index in [1.165, 1.54) is 16.2 Å². The smallest absolute Gasteiger partial charge is 0.233 e. The Labute approximate surface area is 174 Å². The third-order valence-electron chi connectivity index (χ3n) is 5.29. The van der Waals surface area contributed by atoms with Crippen molar-refractivity contribution in [3.05, 3.63) is 48.0 Å².